The molecule has 1 unspecified atom stereocenters. The Hall–Kier alpha value is -3.18. The number of hydrogen-bond acceptors (Lipinski definition) is 5. The van der Waals surface area contributed by atoms with E-state index in [-0.39, 0.29) is 18.2 Å². The highest BCUT2D eigenvalue weighted by molar-refractivity contribution is 5.55. The number of alkyl halides is 3. The SMILES string of the molecule is Fc1cc(F)c(N2C=C3CCCN3C2N2C=Cc3nnc(C(F)(F)F)n3C2)cc1F. The van der Waals surface area contributed by atoms with Crippen LogP contribution in [0.5, 0.6) is 0 Å². The molecule has 5 rings (SSSR count). The zero-order valence-electron chi connectivity index (χ0n) is 15.2. The largest absolute Gasteiger partial charge is 0.451 e. The highest BCUT2D eigenvalue weighted by Crippen LogP contribution is 2.39. The van der Waals surface area contributed by atoms with Crippen molar-refractivity contribution in [1.82, 2.24) is 24.6 Å². The van der Waals surface area contributed by atoms with Gasteiger partial charge in [-0.1, -0.05) is 0 Å². The molecule has 1 aromatic heterocycles. The van der Waals surface area contributed by atoms with Gasteiger partial charge < -0.3 is 14.7 Å². The van der Waals surface area contributed by atoms with Gasteiger partial charge in [-0.2, -0.15) is 13.2 Å². The van der Waals surface area contributed by atoms with Gasteiger partial charge in [0.15, 0.2) is 23.7 Å². The zero-order chi connectivity index (χ0) is 21.2. The minimum Gasteiger partial charge on any atom is -0.336 e. The number of aromatic nitrogens is 3. The summed E-state index contributed by atoms with van der Waals surface area (Å²) >= 11 is 0. The van der Waals surface area contributed by atoms with Crippen molar-refractivity contribution in [1.29, 1.82) is 0 Å². The lowest BCUT2D eigenvalue weighted by Crippen LogP contribution is -2.51. The van der Waals surface area contributed by atoms with E-state index in [2.05, 4.69) is 10.2 Å². The molecule has 0 aliphatic carbocycles. The lowest BCUT2D eigenvalue weighted by Gasteiger charge is -2.41. The minimum absolute atomic E-state index is 0.0386. The van der Waals surface area contributed by atoms with Crippen molar-refractivity contribution in [3.8, 4) is 0 Å². The van der Waals surface area contributed by atoms with Crippen LogP contribution in [-0.4, -0.2) is 37.4 Å². The van der Waals surface area contributed by atoms with Gasteiger partial charge in [-0.05, 0) is 18.9 Å². The Balaban J connectivity index is 1.54. The third-order valence-electron chi connectivity index (χ3n) is 5.33. The molecule has 158 valence electrons. The lowest BCUT2D eigenvalue weighted by molar-refractivity contribution is -0.148. The maximum absolute atomic E-state index is 14.5. The molecular formula is C18H14F6N6. The molecule has 1 fully saturated rings. The molecule has 0 radical (unpaired) electrons. The van der Waals surface area contributed by atoms with Crippen LogP contribution >= 0.6 is 0 Å². The predicted octanol–water partition coefficient (Wildman–Crippen LogP) is 3.70. The molecule has 0 saturated carbocycles. The number of nitrogens with zero attached hydrogens (tertiary/aromatic N) is 6. The third kappa shape index (κ3) is 2.81. The zero-order valence-corrected chi connectivity index (χ0v) is 15.2. The van der Waals surface area contributed by atoms with Crippen LogP contribution in [0.2, 0.25) is 0 Å². The summed E-state index contributed by atoms with van der Waals surface area (Å²) in [6.07, 6.45) is 0.582. The minimum atomic E-state index is -4.69. The fraction of sp³-hybridized carbons (Fsp3) is 0.333. The van der Waals surface area contributed by atoms with Gasteiger partial charge >= 0.3 is 6.18 Å². The van der Waals surface area contributed by atoms with Crippen molar-refractivity contribution in [2.45, 2.75) is 32.0 Å². The Labute approximate surface area is 166 Å². The van der Waals surface area contributed by atoms with Crippen molar-refractivity contribution < 1.29 is 26.3 Å². The topological polar surface area (TPSA) is 40.4 Å². The summed E-state index contributed by atoms with van der Waals surface area (Å²) in [4.78, 5) is 4.84. The molecule has 0 spiro atoms. The molecule has 1 aromatic carbocycles. The summed E-state index contributed by atoms with van der Waals surface area (Å²) < 4.78 is 82.5. The van der Waals surface area contributed by atoms with Crippen LogP contribution in [0.15, 0.2) is 30.2 Å². The van der Waals surface area contributed by atoms with E-state index in [4.69, 9.17) is 0 Å². The number of benzene rings is 1. The number of halogens is 6. The monoisotopic (exact) mass is 428 g/mol. The van der Waals surface area contributed by atoms with Crippen LogP contribution in [0.4, 0.5) is 32.0 Å². The summed E-state index contributed by atoms with van der Waals surface area (Å²) in [7, 11) is 0. The first kappa shape index (κ1) is 18.8. The standard InChI is InChI=1S/C18H14F6N6/c19-11-6-13(21)14(7-12(11)20)29-8-10-2-1-4-28(10)17(29)27-5-3-15-25-26-16(18(22,23)24)30(15)9-27/h3,5-8,17H,1-2,4,9H2. The van der Waals surface area contributed by atoms with Crippen LogP contribution in [0, 0.1) is 17.5 Å². The van der Waals surface area contributed by atoms with Crippen molar-refractivity contribution >= 4 is 11.8 Å². The second-order valence-corrected chi connectivity index (χ2v) is 7.17. The Morgan fingerprint density at radius 1 is 1.00 bits per heavy atom. The smallest absolute Gasteiger partial charge is 0.336 e. The van der Waals surface area contributed by atoms with E-state index in [0.29, 0.717) is 19.0 Å². The van der Waals surface area contributed by atoms with Crippen LogP contribution in [0.25, 0.3) is 6.08 Å². The average molecular weight is 428 g/mol. The second kappa shape index (κ2) is 6.41. The number of hydrogen-bond donors (Lipinski definition) is 0. The molecule has 30 heavy (non-hydrogen) atoms. The molecule has 2 aromatic rings. The fourth-order valence-corrected chi connectivity index (χ4v) is 4.05. The van der Waals surface area contributed by atoms with Crippen LogP contribution in [0.3, 0.4) is 0 Å². The van der Waals surface area contributed by atoms with Gasteiger partial charge in [0, 0.05) is 36.8 Å². The van der Waals surface area contributed by atoms with E-state index in [9.17, 15) is 26.3 Å². The molecule has 3 aliphatic rings. The Morgan fingerprint density at radius 2 is 1.77 bits per heavy atom. The quantitative estimate of drug-likeness (QED) is 0.539. The van der Waals surface area contributed by atoms with Gasteiger partial charge in [0.05, 0.1) is 5.69 Å². The van der Waals surface area contributed by atoms with Gasteiger partial charge in [-0.15, -0.1) is 10.2 Å². The first-order valence-electron chi connectivity index (χ1n) is 9.08. The first-order chi connectivity index (χ1) is 14.2. The van der Waals surface area contributed by atoms with Crippen molar-refractivity contribution in [2.24, 2.45) is 0 Å². The highest BCUT2D eigenvalue weighted by Gasteiger charge is 2.43. The molecule has 1 atom stereocenters. The van der Waals surface area contributed by atoms with Gasteiger partial charge in [-0.25, -0.2) is 13.2 Å². The highest BCUT2D eigenvalue weighted by atomic mass is 19.4. The Bertz CT molecular complexity index is 1070. The number of allylic oxidation sites excluding steroid dienone is 1. The second-order valence-electron chi connectivity index (χ2n) is 7.17. The first-order valence-corrected chi connectivity index (χ1v) is 9.08. The van der Waals surface area contributed by atoms with Gasteiger partial charge in [0.2, 0.25) is 5.82 Å². The van der Waals surface area contributed by atoms with Crippen LogP contribution in [-0.2, 0) is 12.8 Å². The molecule has 3 aliphatic heterocycles. The molecule has 0 amide bonds. The van der Waals surface area contributed by atoms with E-state index in [1.807, 2.05) is 4.90 Å². The van der Waals surface area contributed by atoms with E-state index in [0.717, 1.165) is 22.8 Å². The van der Waals surface area contributed by atoms with Crippen molar-refractivity contribution in [3.63, 3.8) is 0 Å². The van der Waals surface area contributed by atoms with Gasteiger partial charge in [0.1, 0.15) is 12.5 Å². The molecule has 0 bridgehead atoms. The third-order valence-corrected chi connectivity index (χ3v) is 5.33. The fourth-order valence-electron chi connectivity index (χ4n) is 4.05. The summed E-state index contributed by atoms with van der Waals surface area (Å²) in [6, 6.07) is 1.20. The summed E-state index contributed by atoms with van der Waals surface area (Å²) in [5.74, 6) is -4.62. The van der Waals surface area contributed by atoms with E-state index < -0.39 is 35.7 Å². The Kier molecular flexibility index (Phi) is 4.02. The molecule has 1 saturated heterocycles. The number of fused-ring (bicyclic) bond motifs is 2. The van der Waals surface area contributed by atoms with E-state index >= 15 is 0 Å². The average Bonchev–Trinajstić information content (AvgIpc) is 3.37. The van der Waals surface area contributed by atoms with Crippen molar-refractivity contribution in [2.75, 3.05) is 11.4 Å². The molecule has 12 heteroatoms. The summed E-state index contributed by atoms with van der Waals surface area (Å²) in [5, 5.41) is 6.78. The van der Waals surface area contributed by atoms with Crippen LogP contribution in [0.1, 0.15) is 24.5 Å². The van der Waals surface area contributed by atoms with E-state index in [1.54, 1.807) is 11.1 Å². The van der Waals surface area contributed by atoms with Crippen molar-refractivity contribution in [3.05, 3.63) is 59.3 Å². The molecule has 6 nitrogen and oxygen atoms in total. The summed E-state index contributed by atoms with van der Waals surface area (Å²) in [5.41, 5.74) is 0.628. The molecule has 0 N–H and O–H groups in total. The maximum atomic E-state index is 14.5. The molecular weight excluding hydrogens is 414 g/mol. The van der Waals surface area contributed by atoms with Gasteiger partial charge in [-0.3, -0.25) is 4.57 Å². The lowest BCUT2D eigenvalue weighted by atomic mass is 10.2. The van der Waals surface area contributed by atoms with E-state index in [1.165, 1.54) is 17.2 Å². The Morgan fingerprint density at radius 3 is 2.53 bits per heavy atom. The predicted molar refractivity (Wildman–Crippen MR) is 92.5 cm³/mol. The maximum Gasteiger partial charge on any atom is 0.451 e. The number of anilines is 1. The summed E-state index contributed by atoms with van der Waals surface area (Å²) in [6.45, 7) is 0.335. The normalized spacial score (nSPS) is 20.7. The number of rotatable bonds is 2. The van der Waals surface area contributed by atoms with Crippen LogP contribution < -0.4 is 4.90 Å². The molecule has 4 heterocycles. The van der Waals surface area contributed by atoms with Gasteiger partial charge in [0.25, 0.3) is 0 Å².